The van der Waals surface area contributed by atoms with Gasteiger partial charge in [-0.2, -0.15) is 0 Å². The molecule has 0 saturated heterocycles. The zero-order valence-corrected chi connectivity index (χ0v) is 9.96. The first-order valence-electron chi connectivity index (χ1n) is 5.59. The van der Waals surface area contributed by atoms with Gasteiger partial charge in [0.25, 0.3) is 0 Å². The van der Waals surface area contributed by atoms with E-state index >= 15 is 0 Å². The van der Waals surface area contributed by atoms with Gasteiger partial charge in [0.1, 0.15) is 0 Å². The molecule has 2 nitrogen and oxygen atoms in total. The summed E-state index contributed by atoms with van der Waals surface area (Å²) in [5, 5.41) is 0. The van der Waals surface area contributed by atoms with Crippen molar-refractivity contribution in [1.82, 2.24) is 4.98 Å². The lowest BCUT2D eigenvalue weighted by molar-refractivity contribution is 0.721. The van der Waals surface area contributed by atoms with E-state index in [-0.39, 0.29) is 0 Å². The molecule has 1 saturated carbocycles. The fourth-order valence-electron chi connectivity index (χ4n) is 1.52. The number of hydrogen-bond donors (Lipinski definition) is 1. The minimum Gasteiger partial charge on any atom is -0.328 e. The monoisotopic (exact) mass is 222 g/mol. The molecule has 0 aromatic carbocycles. The summed E-state index contributed by atoms with van der Waals surface area (Å²) in [5.74, 6) is 1.89. The fourth-order valence-corrected chi connectivity index (χ4v) is 2.60. The molecule has 0 aliphatic heterocycles. The highest BCUT2D eigenvalue weighted by Gasteiger charge is 2.23. The maximum atomic E-state index is 5.72. The third-order valence-electron chi connectivity index (χ3n) is 2.62. The van der Waals surface area contributed by atoms with Crippen molar-refractivity contribution in [1.29, 1.82) is 0 Å². The molecule has 1 atom stereocenters. The first-order chi connectivity index (χ1) is 7.25. The van der Waals surface area contributed by atoms with E-state index in [0.29, 0.717) is 6.04 Å². The van der Waals surface area contributed by atoms with Crippen LogP contribution in [0.1, 0.15) is 37.7 Å². The minimum absolute atomic E-state index is 0.303. The second-order valence-corrected chi connectivity index (χ2v) is 5.51. The van der Waals surface area contributed by atoms with Crippen molar-refractivity contribution in [2.75, 3.05) is 5.75 Å². The van der Waals surface area contributed by atoms with Crippen molar-refractivity contribution in [3.63, 3.8) is 0 Å². The van der Waals surface area contributed by atoms with Crippen molar-refractivity contribution in [2.24, 2.45) is 5.73 Å². The number of thioether (sulfide) groups is 1. The molecule has 0 amide bonds. The Bertz CT molecular complexity index is 321. The molecule has 0 radical (unpaired) electrons. The highest BCUT2D eigenvalue weighted by Crippen LogP contribution is 2.40. The van der Waals surface area contributed by atoms with Gasteiger partial charge in [0.2, 0.25) is 0 Å². The van der Waals surface area contributed by atoms with Crippen LogP contribution in [-0.4, -0.2) is 16.8 Å². The summed E-state index contributed by atoms with van der Waals surface area (Å²) in [6, 6.07) is 2.59. The summed E-state index contributed by atoms with van der Waals surface area (Å²) in [7, 11) is 0. The quantitative estimate of drug-likeness (QED) is 0.779. The summed E-state index contributed by atoms with van der Waals surface area (Å²) in [6.07, 6.45) is 7.72. The van der Waals surface area contributed by atoms with Gasteiger partial charge in [-0.3, -0.25) is 4.98 Å². The van der Waals surface area contributed by atoms with Crippen LogP contribution in [0.15, 0.2) is 23.4 Å². The first kappa shape index (κ1) is 11.0. The zero-order valence-electron chi connectivity index (χ0n) is 9.15. The van der Waals surface area contributed by atoms with E-state index in [2.05, 4.69) is 18.0 Å². The van der Waals surface area contributed by atoms with Crippen LogP contribution in [0.3, 0.4) is 0 Å². The predicted octanol–water partition coefficient (Wildman–Crippen LogP) is 2.79. The molecule has 1 aliphatic rings. The van der Waals surface area contributed by atoms with Crippen LogP contribution in [0.4, 0.5) is 0 Å². The Labute approximate surface area is 95.7 Å². The van der Waals surface area contributed by atoms with Gasteiger partial charge < -0.3 is 5.73 Å². The maximum absolute atomic E-state index is 5.72. The maximum Gasteiger partial charge on any atom is 0.0404 e. The molecule has 0 spiro atoms. The minimum atomic E-state index is 0.303. The summed E-state index contributed by atoms with van der Waals surface area (Å²) < 4.78 is 0. The predicted molar refractivity (Wildman–Crippen MR) is 65.2 cm³/mol. The van der Waals surface area contributed by atoms with Crippen LogP contribution in [0.5, 0.6) is 0 Å². The van der Waals surface area contributed by atoms with E-state index in [1.54, 1.807) is 0 Å². The second-order valence-electron chi connectivity index (χ2n) is 4.34. The average molecular weight is 222 g/mol. The lowest BCUT2D eigenvalue weighted by Gasteiger charge is -2.05. The molecule has 1 unspecified atom stereocenters. The SMILES string of the molecule is CC(N)CCSc1cncc(C2CC2)c1. The van der Waals surface area contributed by atoms with Crippen LogP contribution >= 0.6 is 11.8 Å². The number of aromatic nitrogens is 1. The number of nitrogens with zero attached hydrogens (tertiary/aromatic N) is 1. The Morgan fingerprint density at radius 2 is 2.33 bits per heavy atom. The molecule has 1 fully saturated rings. The Morgan fingerprint density at radius 1 is 1.53 bits per heavy atom. The van der Waals surface area contributed by atoms with E-state index in [1.807, 2.05) is 24.2 Å². The summed E-state index contributed by atoms with van der Waals surface area (Å²) in [5.41, 5.74) is 7.13. The molecule has 2 N–H and O–H groups in total. The van der Waals surface area contributed by atoms with E-state index in [9.17, 15) is 0 Å². The molecule has 1 aliphatic carbocycles. The third kappa shape index (κ3) is 3.50. The lowest BCUT2D eigenvalue weighted by Crippen LogP contribution is -2.15. The normalized spacial score (nSPS) is 17.7. The Hall–Kier alpha value is -0.540. The number of hydrogen-bond acceptors (Lipinski definition) is 3. The average Bonchev–Trinajstić information content (AvgIpc) is 3.01. The van der Waals surface area contributed by atoms with Crippen LogP contribution in [0, 0.1) is 0 Å². The van der Waals surface area contributed by atoms with Gasteiger partial charge in [-0.25, -0.2) is 0 Å². The van der Waals surface area contributed by atoms with Crippen molar-refractivity contribution < 1.29 is 0 Å². The largest absolute Gasteiger partial charge is 0.328 e. The molecule has 2 rings (SSSR count). The smallest absolute Gasteiger partial charge is 0.0404 e. The summed E-state index contributed by atoms with van der Waals surface area (Å²) in [6.45, 7) is 2.05. The lowest BCUT2D eigenvalue weighted by atomic mass is 10.2. The van der Waals surface area contributed by atoms with Crippen molar-refractivity contribution in [2.45, 2.75) is 43.0 Å². The zero-order chi connectivity index (χ0) is 10.7. The van der Waals surface area contributed by atoms with Gasteiger partial charge in [0.05, 0.1) is 0 Å². The van der Waals surface area contributed by atoms with Crippen LogP contribution in [0.2, 0.25) is 0 Å². The Kier molecular flexibility index (Phi) is 3.65. The second kappa shape index (κ2) is 4.99. The molecule has 3 heteroatoms. The number of rotatable bonds is 5. The van der Waals surface area contributed by atoms with Crippen LogP contribution in [0.25, 0.3) is 0 Å². The van der Waals surface area contributed by atoms with Crippen LogP contribution < -0.4 is 5.73 Å². The van der Waals surface area contributed by atoms with Gasteiger partial charge in [-0.15, -0.1) is 11.8 Å². The van der Waals surface area contributed by atoms with Gasteiger partial charge in [0, 0.05) is 23.3 Å². The standard InChI is InChI=1S/C12H18N2S/c1-9(13)4-5-15-12-6-11(7-14-8-12)10-2-3-10/h6-10H,2-5,13H2,1H3. The Morgan fingerprint density at radius 3 is 3.00 bits per heavy atom. The van der Waals surface area contributed by atoms with Crippen molar-refractivity contribution in [3.05, 3.63) is 24.0 Å². The van der Waals surface area contributed by atoms with E-state index in [4.69, 9.17) is 5.73 Å². The van der Waals surface area contributed by atoms with Gasteiger partial charge in [0.15, 0.2) is 0 Å². The van der Waals surface area contributed by atoms with Crippen LogP contribution in [-0.2, 0) is 0 Å². The molecule has 1 heterocycles. The molecule has 1 aromatic heterocycles. The molecular weight excluding hydrogens is 204 g/mol. The first-order valence-corrected chi connectivity index (χ1v) is 6.57. The molecule has 1 aromatic rings. The van der Waals surface area contributed by atoms with E-state index < -0.39 is 0 Å². The van der Waals surface area contributed by atoms with E-state index in [0.717, 1.165) is 18.1 Å². The van der Waals surface area contributed by atoms with Gasteiger partial charge in [-0.05, 0) is 49.5 Å². The van der Waals surface area contributed by atoms with Crippen molar-refractivity contribution >= 4 is 11.8 Å². The third-order valence-corrected chi connectivity index (χ3v) is 3.62. The molecule has 0 bridgehead atoms. The summed E-state index contributed by atoms with van der Waals surface area (Å²) in [4.78, 5) is 5.58. The highest BCUT2D eigenvalue weighted by atomic mass is 32.2. The topological polar surface area (TPSA) is 38.9 Å². The number of pyridine rings is 1. The Balaban J connectivity index is 1.87. The van der Waals surface area contributed by atoms with E-state index in [1.165, 1.54) is 23.3 Å². The van der Waals surface area contributed by atoms with Gasteiger partial charge in [-0.1, -0.05) is 0 Å². The molecule has 82 valence electrons. The summed E-state index contributed by atoms with van der Waals surface area (Å²) >= 11 is 1.87. The fraction of sp³-hybridized carbons (Fsp3) is 0.583. The number of nitrogens with two attached hydrogens (primary N) is 1. The molecular formula is C12H18N2S. The molecule has 15 heavy (non-hydrogen) atoms. The van der Waals surface area contributed by atoms with Crippen molar-refractivity contribution in [3.8, 4) is 0 Å². The highest BCUT2D eigenvalue weighted by molar-refractivity contribution is 7.99. The van der Waals surface area contributed by atoms with Gasteiger partial charge >= 0.3 is 0 Å².